The molecule has 5 amide bonds. The molecule has 34 heteroatoms. The smallest absolute Gasteiger partial charge is 0.423 e. The Morgan fingerprint density at radius 2 is 0.789 bits per heavy atom. The molecule has 0 atom stereocenters. The van der Waals surface area contributed by atoms with Crippen LogP contribution in [-0.2, 0) is 0 Å². The number of benzene rings is 4. The molecule has 11 N–H and O–H groups in total. The van der Waals surface area contributed by atoms with Crippen LogP contribution >= 0.6 is 23.2 Å². The van der Waals surface area contributed by atoms with E-state index in [2.05, 4.69) is 30.6 Å². The average Bonchev–Trinajstić information content (AvgIpc) is 1.55. The molecule has 3 aliphatic heterocycles. The molecule has 0 aliphatic carbocycles. The van der Waals surface area contributed by atoms with Crippen molar-refractivity contribution in [1.82, 2.24) is 34.6 Å². The Morgan fingerprint density at radius 3 is 1.14 bits per heavy atom. The molecule has 0 bridgehead atoms. The minimum Gasteiger partial charge on any atom is -0.423 e. The zero-order valence-electron chi connectivity index (χ0n) is 49.9. The van der Waals surface area contributed by atoms with Gasteiger partial charge in [-0.15, -0.1) is 0 Å². The lowest BCUT2D eigenvalue weighted by molar-refractivity contribution is -0.384. The molecule has 3 aliphatic rings. The van der Waals surface area contributed by atoms with Gasteiger partial charge in [0.25, 0.3) is 0 Å². The van der Waals surface area contributed by atoms with Crippen LogP contribution in [0, 0.1) is 53.6 Å². The standard InChI is InChI=1S/C16H15FN4O3.C16H17FN4O.C11H8FN3O2.C6H6BFO2.C5H4ClN3O2.C5H8ClNO.CH4O.CH4/c17-12-5-3-11(4-6-12)13-7-8-14(21(23)24)15(18-13)19-16(22)20-9-1-2-10-20;17-12-5-3-11(4-6-12)14-8-7-13(18)15(19-14)20-16(22)21-9-1-2-10-21;12-8-3-1-7(2-4-8)9-5-6-10(15(16)17)11(13)14-9;8-6-3-1-5(2-4-6)7(9)10;6-4-2-1-3(9(10)11)5(7)8-4;6-5(8)7-3-1-2-4-7;1-2;/h3-8H,1-2,9-10H2,(H,18,19,22);3-8H,1-2,9-10,18H2,(H,19,20,22);1-6H,(H2,13,14);1-4,9-10H;1-2H,(H2,7,8);1-4H2;2H,1H3;1H4. The van der Waals surface area contributed by atoms with Crippen molar-refractivity contribution >= 4 is 99.2 Å². The number of aliphatic hydroxyl groups excluding tert-OH is 1. The highest BCUT2D eigenvalue weighted by atomic mass is 35.5. The lowest BCUT2D eigenvalue weighted by Gasteiger charge is -2.17. The van der Waals surface area contributed by atoms with E-state index in [0.29, 0.717) is 58.3 Å². The summed E-state index contributed by atoms with van der Waals surface area (Å²) in [6, 6.07) is 33.1. The van der Waals surface area contributed by atoms with E-state index in [9.17, 15) is 62.3 Å². The van der Waals surface area contributed by atoms with E-state index < -0.39 is 27.9 Å². The van der Waals surface area contributed by atoms with Crippen LogP contribution in [0.1, 0.15) is 46.0 Å². The number of nitrogen functional groups attached to an aromatic ring is 3. The van der Waals surface area contributed by atoms with Gasteiger partial charge in [-0.05, 0) is 171 Å². The highest BCUT2D eigenvalue weighted by molar-refractivity contribution is 6.62. The number of nitrogens with one attached hydrogen (secondary N) is 2. The molecule has 4 aromatic heterocycles. The van der Waals surface area contributed by atoms with Gasteiger partial charge in [-0.25, -0.2) is 47.1 Å². The van der Waals surface area contributed by atoms with Gasteiger partial charge >= 0.3 is 41.6 Å². The summed E-state index contributed by atoms with van der Waals surface area (Å²) in [6.45, 7) is 4.45. The maximum atomic E-state index is 13.0. The van der Waals surface area contributed by atoms with Gasteiger partial charge in [0.2, 0.25) is 17.5 Å². The van der Waals surface area contributed by atoms with Crippen LogP contribution in [0.25, 0.3) is 33.8 Å². The summed E-state index contributed by atoms with van der Waals surface area (Å²) < 4.78 is 50.9. The predicted octanol–water partition coefficient (Wildman–Crippen LogP) is 11.3. The number of halogens is 6. The van der Waals surface area contributed by atoms with E-state index in [1.165, 1.54) is 121 Å². The van der Waals surface area contributed by atoms with Gasteiger partial charge in [-0.1, -0.05) is 31.2 Å². The second-order valence-electron chi connectivity index (χ2n) is 19.8. The Hall–Kier alpha value is -10.7. The summed E-state index contributed by atoms with van der Waals surface area (Å²) in [5, 5.41) is 61.1. The van der Waals surface area contributed by atoms with E-state index in [1.807, 2.05) is 0 Å². The Morgan fingerprint density at radius 1 is 0.474 bits per heavy atom. The first kappa shape index (κ1) is 76.8. The van der Waals surface area contributed by atoms with Gasteiger partial charge in [0.1, 0.15) is 28.4 Å². The maximum Gasteiger partial charge on any atom is 0.488 e. The fourth-order valence-electron chi connectivity index (χ4n) is 8.55. The molecule has 7 heterocycles. The van der Waals surface area contributed by atoms with E-state index in [-0.39, 0.29) is 81.8 Å². The first-order valence-corrected chi connectivity index (χ1v) is 28.9. The molecule has 11 rings (SSSR count). The molecule has 95 heavy (non-hydrogen) atoms. The number of pyridine rings is 4. The third-order valence-electron chi connectivity index (χ3n) is 13.3. The number of carbonyl (C=O) groups excluding carboxylic acids is 3. The predicted molar refractivity (Wildman–Crippen MR) is 354 cm³/mol. The fourth-order valence-corrected chi connectivity index (χ4v) is 8.88. The number of hydrogen-bond donors (Lipinski definition) is 8. The van der Waals surface area contributed by atoms with Gasteiger partial charge < -0.3 is 47.1 Å². The monoisotopic (exact) mass is 1360 g/mol. The van der Waals surface area contributed by atoms with Crippen LogP contribution in [0.4, 0.5) is 78.0 Å². The summed E-state index contributed by atoms with van der Waals surface area (Å²) in [5.74, 6) is -1.53. The summed E-state index contributed by atoms with van der Waals surface area (Å²) >= 11 is 10.6. The molecule has 0 radical (unpaired) electrons. The van der Waals surface area contributed by atoms with Gasteiger partial charge in [-0.3, -0.25) is 45.8 Å². The number of urea groups is 2. The lowest BCUT2D eigenvalue weighted by Crippen LogP contribution is -2.32. The van der Waals surface area contributed by atoms with Gasteiger partial charge in [0.15, 0.2) is 5.82 Å². The molecule has 0 unspecified atom stereocenters. The minimum absolute atomic E-state index is 0. The molecule has 0 saturated carbocycles. The Labute approximate surface area is 551 Å². The zero-order valence-corrected chi connectivity index (χ0v) is 51.4. The summed E-state index contributed by atoms with van der Waals surface area (Å²) in [6.07, 6.45) is 6.09. The summed E-state index contributed by atoms with van der Waals surface area (Å²) in [4.78, 5) is 85.7. The van der Waals surface area contributed by atoms with Crippen molar-refractivity contribution in [2.24, 2.45) is 0 Å². The molecule has 502 valence electrons. The molecule has 3 saturated heterocycles. The van der Waals surface area contributed by atoms with Crippen LogP contribution in [0.2, 0.25) is 5.15 Å². The molecule has 27 nitrogen and oxygen atoms in total. The van der Waals surface area contributed by atoms with E-state index in [1.54, 1.807) is 39.0 Å². The van der Waals surface area contributed by atoms with Crippen molar-refractivity contribution in [2.45, 2.75) is 46.0 Å². The third kappa shape index (κ3) is 24.4. The number of nitrogens with zero attached hydrogens (tertiary/aromatic N) is 10. The van der Waals surface area contributed by atoms with E-state index >= 15 is 0 Å². The molecule has 8 aromatic rings. The van der Waals surface area contributed by atoms with Crippen molar-refractivity contribution < 1.29 is 61.9 Å². The number of hydrogen-bond acceptors (Lipinski definition) is 19. The Bertz CT molecular complexity index is 3850. The molecule has 3 fully saturated rings. The lowest BCUT2D eigenvalue weighted by atomic mass is 9.80. The van der Waals surface area contributed by atoms with Crippen molar-refractivity contribution in [2.75, 3.05) is 74.2 Å². The highest BCUT2D eigenvalue weighted by Gasteiger charge is 2.25. The second-order valence-corrected chi connectivity index (χ2v) is 20.5. The molecule has 4 aromatic carbocycles. The van der Waals surface area contributed by atoms with Gasteiger partial charge in [0, 0.05) is 81.3 Å². The van der Waals surface area contributed by atoms with Crippen LogP contribution < -0.4 is 33.3 Å². The average molecular weight is 1360 g/mol. The van der Waals surface area contributed by atoms with Gasteiger partial charge in [-0.2, -0.15) is 0 Å². The number of aromatic nitrogens is 4. The maximum absolute atomic E-state index is 13.0. The minimum atomic E-state index is -1.51. The van der Waals surface area contributed by atoms with Crippen molar-refractivity contribution in [3.63, 3.8) is 0 Å². The van der Waals surface area contributed by atoms with Crippen molar-refractivity contribution in [1.29, 1.82) is 0 Å². The fraction of sp³-hybridized carbons (Fsp3) is 0.230. The molecular weight excluding hydrogens is 1290 g/mol. The first-order valence-electron chi connectivity index (χ1n) is 28.2. The number of anilines is 5. The normalized spacial score (nSPS) is 12.4. The van der Waals surface area contributed by atoms with Crippen LogP contribution in [0.3, 0.4) is 0 Å². The number of carbonyl (C=O) groups is 3. The van der Waals surface area contributed by atoms with Gasteiger partial charge in [0.05, 0.1) is 37.5 Å². The number of amides is 5. The molecular formula is C61H66BCl2F4N15O12. The number of rotatable bonds is 9. The number of aliphatic hydroxyl groups is 1. The SMILES string of the molecule is C.CO.Nc1ccc(-c2ccc(F)cc2)nc1NC(=O)N1CCCC1.Nc1nc(-c2ccc(F)cc2)ccc1[N+](=O)[O-].Nc1nc(Cl)ccc1[N+](=O)[O-].O=C(Cl)N1CCCC1.O=C(Nc1nc(-c2ccc(F)cc2)ccc1[N+](=O)[O-])N1CCCC1.OB(O)c1ccc(F)cc1. The van der Waals surface area contributed by atoms with Crippen LogP contribution in [0.5, 0.6) is 0 Å². The second kappa shape index (κ2) is 38.4. The first-order chi connectivity index (χ1) is 44.9. The summed E-state index contributed by atoms with van der Waals surface area (Å²) in [7, 11) is -0.513. The van der Waals surface area contributed by atoms with Crippen LogP contribution in [0.15, 0.2) is 146 Å². The number of nitrogens with two attached hydrogens (primary N) is 3. The van der Waals surface area contributed by atoms with Crippen LogP contribution in [-0.4, -0.2) is 135 Å². The van der Waals surface area contributed by atoms with Crippen molar-refractivity contribution in [3.8, 4) is 33.8 Å². The third-order valence-corrected chi connectivity index (χ3v) is 13.8. The summed E-state index contributed by atoms with van der Waals surface area (Å²) in [5.41, 5.74) is 20.0. The largest absolute Gasteiger partial charge is 0.488 e. The topological polar surface area (TPSA) is 405 Å². The zero-order chi connectivity index (χ0) is 69.0. The molecule has 0 spiro atoms. The number of nitro groups is 3. The van der Waals surface area contributed by atoms with E-state index in [4.69, 9.17) is 55.6 Å². The number of likely N-dealkylation sites (tertiary alicyclic amines) is 3. The highest BCUT2D eigenvalue weighted by Crippen LogP contribution is 2.30. The quantitative estimate of drug-likeness (QED) is 0.0127. The van der Waals surface area contributed by atoms with E-state index in [0.717, 1.165) is 77.4 Å². The Kier molecular flexibility index (Phi) is 31.0. The Balaban J connectivity index is 0.000000250. The van der Waals surface area contributed by atoms with Crippen molar-refractivity contribution in [3.05, 3.63) is 204 Å².